The van der Waals surface area contributed by atoms with Crippen LogP contribution < -0.4 is 79.5 Å². The molecule has 0 aliphatic carbocycles. The van der Waals surface area contributed by atoms with Gasteiger partial charge in [-0.15, -0.1) is 0 Å². The first-order valence-corrected chi connectivity index (χ1v) is 42.5. The van der Waals surface area contributed by atoms with Crippen LogP contribution in [0.3, 0.4) is 0 Å². The Bertz CT molecular complexity index is 3850. The smallest absolute Gasteiger partial charge is 0.407 e. The van der Waals surface area contributed by atoms with Gasteiger partial charge in [0, 0.05) is 154 Å². The summed E-state index contributed by atoms with van der Waals surface area (Å²) in [6.07, 6.45) is -12.5. The number of hydrogen-bond donors (Lipinski definition) is 17. The predicted octanol–water partition coefficient (Wildman–Crippen LogP) is -4.50. The highest BCUT2D eigenvalue weighted by molar-refractivity contribution is 5.96. The molecule has 126 heavy (non-hydrogen) atoms. The minimum absolute atomic E-state index is 0.0889. The molecule has 706 valence electrons. The maximum atomic E-state index is 13.1. The number of nitro groups is 2. The molecule has 0 bridgehead atoms. The lowest BCUT2D eigenvalue weighted by atomic mass is 9.99. The second-order valence-electron chi connectivity index (χ2n) is 30.3. The molecular formula is C79H123N15O32. The summed E-state index contributed by atoms with van der Waals surface area (Å²) in [6, 6.07) is 5.86. The van der Waals surface area contributed by atoms with Gasteiger partial charge in [-0.05, 0) is 89.7 Å². The first kappa shape index (κ1) is 102. The third kappa shape index (κ3) is 34.1. The van der Waals surface area contributed by atoms with E-state index in [0.29, 0.717) is 157 Å². The number of carbonyl (C=O) groups is 4. The Morgan fingerprint density at radius 3 is 0.976 bits per heavy atom. The van der Waals surface area contributed by atoms with Crippen LogP contribution in [-0.2, 0) is 47.4 Å². The van der Waals surface area contributed by atoms with Crippen molar-refractivity contribution >= 4 is 58.1 Å². The zero-order valence-electron chi connectivity index (χ0n) is 70.6. The van der Waals surface area contributed by atoms with Gasteiger partial charge in [-0.25, -0.2) is 9.59 Å². The third-order valence-corrected chi connectivity index (χ3v) is 20.8. The number of anilines is 4. The molecule has 8 rings (SSSR count). The van der Waals surface area contributed by atoms with Crippen LogP contribution in [0, 0.1) is 20.2 Å². The molecule has 18 N–H and O–H groups in total. The molecule has 4 aromatic carbocycles. The number of nitro benzene ring substituents is 2. The molecule has 0 saturated carbocycles. The van der Waals surface area contributed by atoms with E-state index >= 15 is 0 Å². The van der Waals surface area contributed by atoms with Gasteiger partial charge in [0.25, 0.3) is 44.9 Å². The monoisotopic (exact) mass is 1790 g/mol. The standard InChI is InChI=1S/C79H123N15O32/c80-53(49-121-78(109)87-15-7-31-117-35-39-119-37-33-115-29-5-13-83-62-60(66(99)68(62)101)81-9-1-17-89-21-25-91(26-22-89)19-3-11-85-74(107)51-41-54(93(111)112)45-56(43-51)123-76-72(105)70(103)64(97)58(47-95)125-76)50-122-79(110)88-16-8-32-118-36-40-120-38-34-116-30-6-14-84-63-61(67(100)69(63)102)82-10-2-18-90-23-27-92(28-24-90)20-4-12-86-75(108)52-42-55(94(113)114)46-57(44-52)124-77-73(106)71(104)65(98)59(48-96)126-77/h41-46,53,58-59,64-65,70-73,76-77,81-84,95-98,103-106H,1-40,47-50,80H2,(H,85,107)(H,86,108)(H,87,109)(H,88,110)/t58-,59-,64-,65-,70+,71+,72-,73-,76-,77-/m1/s1. The highest BCUT2D eigenvalue weighted by atomic mass is 16.7. The van der Waals surface area contributed by atoms with Crippen molar-refractivity contribution in [2.24, 2.45) is 5.73 Å². The molecule has 0 unspecified atom stereocenters. The number of benzene rings is 2. The number of amides is 4. The van der Waals surface area contributed by atoms with Gasteiger partial charge in [0.15, 0.2) is 0 Å². The second-order valence-corrected chi connectivity index (χ2v) is 30.3. The number of nitrogens with one attached hydrogen (secondary N) is 8. The van der Waals surface area contributed by atoms with Crippen LogP contribution in [0.25, 0.3) is 0 Å². The molecule has 0 aromatic heterocycles. The van der Waals surface area contributed by atoms with E-state index in [1.165, 1.54) is 12.1 Å². The lowest BCUT2D eigenvalue weighted by molar-refractivity contribution is -0.385. The minimum Gasteiger partial charge on any atom is -0.462 e. The van der Waals surface area contributed by atoms with Crippen molar-refractivity contribution in [2.75, 3.05) is 258 Å². The van der Waals surface area contributed by atoms with Crippen LogP contribution >= 0.6 is 0 Å². The van der Waals surface area contributed by atoms with Gasteiger partial charge in [0.1, 0.15) is 96.3 Å². The summed E-state index contributed by atoms with van der Waals surface area (Å²) in [5, 5.41) is 126. The van der Waals surface area contributed by atoms with E-state index in [2.05, 4.69) is 62.1 Å². The van der Waals surface area contributed by atoms with Crippen molar-refractivity contribution in [3.63, 3.8) is 0 Å². The van der Waals surface area contributed by atoms with Crippen LogP contribution in [0.2, 0.25) is 0 Å². The maximum absolute atomic E-state index is 13.1. The number of non-ortho nitro benzene ring substituents is 2. The molecule has 10 atom stereocenters. The van der Waals surface area contributed by atoms with Crippen LogP contribution in [0.4, 0.5) is 43.7 Å². The number of piperazine rings is 2. The lowest BCUT2D eigenvalue weighted by Gasteiger charge is -2.39. The Kier molecular flexibility index (Phi) is 45.1. The molecule has 0 radical (unpaired) electrons. The highest BCUT2D eigenvalue weighted by Crippen LogP contribution is 2.31. The van der Waals surface area contributed by atoms with Gasteiger partial charge in [-0.3, -0.25) is 49.0 Å². The Hall–Kier alpha value is -9.16. The number of ether oxygens (including phenoxy) is 12. The summed E-state index contributed by atoms with van der Waals surface area (Å²) in [4.78, 5) is 131. The van der Waals surface area contributed by atoms with Crippen LogP contribution in [0.1, 0.15) is 72.1 Å². The van der Waals surface area contributed by atoms with Gasteiger partial charge < -0.3 is 166 Å². The molecule has 4 fully saturated rings. The van der Waals surface area contributed by atoms with Crippen molar-refractivity contribution in [1.29, 1.82) is 0 Å². The molecule has 4 aliphatic rings. The summed E-state index contributed by atoms with van der Waals surface area (Å²) in [5.74, 6) is -1.63. The number of carbonyl (C=O) groups excluding carboxylic acids is 4. The van der Waals surface area contributed by atoms with Gasteiger partial charge in [0.05, 0.1) is 94.1 Å². The molecule has 47 heteroatoms. The van der Waals surface area contributed by atoms with E-state index in [0.717, 1.165) is 103 Å². The zero-order chi connectivity index (χ0) is 90.7. The average Bonchev–Trinajstić information content (AvgIpc) is 1.28. The Balaban J connectivity index is 0.515. The number of nitrogens with zero attached hydrogens (tertiary/aromatic N) is 6. The van der Waals surface area contributed by atoms with E-state index in [9.17, 15) is 99.4 Å². The Morgan fingerprint density at radius 1 is 0.397 bits per heavy atom. The topological polar surface area (TPSA) is 631 Å². The fourth-order valence-corrected chi connectivity index (χ4v) is 13.7. The lowest BCUT2D eigenvalue weighted by Crippen LogP contribution is -2.60. The fraction of sp³-hybridized carbons (Fsp3) is 0.696. The van der Waals surface area contributed by atoms with Crippen LogP contribution in [0.5, 0.6) is 11.5 Å². The Morgan fingerprint density at radius 2 is 0.675 bits per heavy atom. The number of rotatable bonds is 62. The van der Waals surface area contributed by atoms with Crippen molar-refractivity contribution in [1.82, 2.24) is 40.9 Å². The summed E-state index contributed by atoms with van der Waals surface area (Å²) in [6.45, 7) is 14.7. The SMILES string of the molecule is NC(COC(=O)NCCCOCCOCCOCCCNc1c(NCCCN2CCN(CCCNC(=O)c3cc(O[C@@H]4O[C@H](CO)[C@@H](O)[C@H](O)[C@H]4O)cc([N+](=O)[O-])c3)CC2)c(=O)c1=O)COC(=O)NCCCOCCOCCOCCCNc1c(NCCCN2CCN(CCCNC(=O)c3cc(O[C@@H]4O[C@H](CO)[C@@H](O)[C@H](O)[C@H]4O)cc([N+](=O)[O-])c3)CC2)c(=O)c1=O. The minimum atomic E-state index is -1.76. The number of hydrogen-bond acceptors (Lipinski definition) is 41. The molecule has 4 saturated heterocycles. The predicted molar refractivity (Wildman–Crippen MR) is 451 cm³/mol. The van der Waals surface area contributed by atoms with Crippen LogP contribution in [-0.4, -0.2) is 398 Å². The number of alkyl carbamates (subject to hydrolysis) is 2. The van der Waals surface area contributed by atoms with Crippen molar-refractivity contribution in [3.05, 3.63) is 109 Å². The molecule has 0 spiro atoms. The molecule has 4 aliphatic heterocycles. The van der Waals surface area contributed by atoms with Crippen molar-refractivity contribution in [3.8, 4) is 11.5 Å². The Labute approximate surface area is 725 Å². The first-order valence-electron chi connectivity index (χ1n) is 42.5. The van der Waals surface area contributed by atoms with Crippen LogP contribution in [0.15, 0.2) is 55.6 Å². The van der Waals surface area contributed by atoms with Gasteiger partial charge >= 0.3 is 12.2 Å². The van der Waals surface area contributed by atoms with E-state index in [1.807, 2.05) is 0 Å². The maximum Gasteiger partial charge on any atom is 0.407 e. The fourth-order valence-electron chi connectivity index (χ4n) is 13.7. The summed E-state index contributed by atoms with van der Waals surface area (Å²) < 4.78 is 65.4. The van der Waals surface area contributed by atoms with E-state index in [4.69, 9.17) is 62.6 Å². The average molecular weight is 1790 g/mol. The highest BCUT2D eigenvalue weighted by Gasteiger charge is 2.46. The van der Waals surface area contributed by atoms with Gasteiger partial charge in [-0.2, -0.15) is 0 Å². The number of aliphatic hydroxyl groups is 8. The third-order valence-electron chi connectivity index (χ3n) is 20.8. The largest absolute Gasteiger partial charge is 0.462 e. The molecule has 4 amide bonds. The summed E-state index contributed by atoms with van der Waals surface area (Å²) in [5.41, 5.74) is 3.67. The molecule has 47 nitrogen and oxygen atoms in total. The number of nitrogens with two attached hydrogens (primary N) is 1. The second kappa shape index (κ2) is 55.5. The quantitative estimate of drug-likeness (QED) is 0.00857. The zero-order valence-corrected chi connectivity index (χ0v) is 70.6. The molecule has 4 heterocycles. The summed E-state index contributed by atoms with van der Waals surface area (Å²) in [7, 11) is 0. The van der Waals surface area contributed by atoms with Crippen molar-refractivity contribution in [2.45, 2.75) is 119 Å². The van der Waals surface area contributed by atoms with E-state index in [1.54, 1.807) is 0 Å². The summed E-state index contributed by atoms with van der Waals surface area (Å²) >= 11 is 0. The number of aliphatic hydroxyl groups excluding tert-OH is 8. The normalized spacial score (nSPS) is 20.8. The van der Waals surface area contributed by atoms with Gasteiger partial charge in [0.2, 0.25) is 12.6 Å². The first-order chi connectivity index (χ1) is 60.8. The van der Waals surface area contributed by atoms with E-state index in [-0.39, 0.29) is 84.8 Å². The van der Waals surface area contributed by atoms with E-state index < -0.39 is 148 Å². The van der Waals surface area contributed by atoms with Crippen molar-refractivity contribution < 1.29 is 127 Å². The molecule has 4 aromatic rings. The van der Waals surface area contributed by atoms with Gasteiger partial charge in [-0.1, -0.05) is 0 Å². The molecular weight excluding hydrogens is 1670 g/mol.